The van der Waals surface area contributed by atoms with Crippen LogP contribution in [0.3, 0.4) is 0 Å². The lowest BCUT2D eigenvalue weighted by atomic mass is 9.89. The summed E-state index contributed by atoms with van der Waals surface area (Å²) >= 11 is 0. The summed E-state index contributed by atoms with van der Waals surface area (Å²) in [5.41, 5.74) is 8.88. The summed E-state index contributed by atoms with van der Waals surface area (Å²) in [7, 11) is 0. The van der Waals surface area contributed by atoms with E-state index in [1.54, 1.807) is 16.7 Å². The highest BCUT2D eigenvalue weighted by Crippen LogP contribution is 2.45. The molecular weight excluding hydrogens is 495 g/mol. The van der Waals surface area contributed by atoms with Gasteiger partial charge in [0.2, 0.25) is 0 Å². The number of nitrogens with zero attached hydrogens (tertiary/aromatic N) is 1. The molecule has 4 N–H and O–H groups in total. The van der Waals surface area contributed by atoms with Crippen molar-refractivity contribution < 1.29 is 27.8 Å². The zero-order chi connectivity index (χ0) is 27.6. The van der Waals surface area contributed by atoms with Crippen LogP contribution < -0.4 is 5.73 Å². The van der Waals surface area contributed by atoms with Crippen molar-refractivity contribution in [3.8, 4) is 16.8 Å². The normalized spacial score (nSPS) is 13.7. The Morgan fingerprint density at radius 3 is 2.34 bits per heavy atom. The molecule has 1 aliphatic rings. The van der Waals surface area contributed by atoms with Gasteiger partial charge in [0.1, 0.15) is 5.82 Å². The van der Waals surface area contributed by atoms with Crippen molar-refractivity contribution in [1.29, 1.82) is 5.41 Å². The van der Waals surface area contributed by atoms with Gasteiger partial charge in [0.25, 0.3) is 0 Å². The van der Waals surface area contributed by atoms with E-state index in [1.165, 1.54) is 18.2 Å². The minimum Gasteiger partial charge on any atom is -0.478 e. The molecule has 3 aromatic carbocycles. The SMILES string of the molecule is CC.N=Cc1cc2c(cc1N)c(-c1ccc(C(=O)O)cc1F)c(C1CCOCC1)n2-c1ccc(F)c(F)c1. The Morgan fingerprint density at radius 1 is 1.03 bits per heavy atom. The largest absolute Gasteiger partial charge is 0.478 e. The number of nitrogen functional groups attached to an aromatic ring is 1. The van der Waals surface area contributed by atoms with Crippen LogP contribution in [0.25, 0.3) is 27.7 Å². The van der Waals surface area contributed by atoms with Crippen molar-refractivity contribution >= 4 is 28.8 Å². The number of fused-ring (bicyclic) bond motifs is 1. The monoisotopic (exact) mass is 523 g/mol. The topological polar surface area (TPSA) is 101 Å². The predicted molar refractivity (Wildman–Crippen MR) is 142 cm³/mol. The van der Waals surface area contributed by atoms with Gasteiger partial charge in [-0.3, -0.25) is 0 Å². The number of anilines is 1. The summed E-state index contributed by atoms with van der Waals surface area (Å²) in [4.78, 5) is 11.4. The number of rotatable bonds is 5. The molecule has 0 amide bonds. The Morgan fingerprint density at radius 2 is 1.74 bits per heavy atom. The zero-order valence-corrected chi connectivity index (χ0v) is 21.0. The van der Waals surface area contributed by atoms with Gasteiger partial charge in [0.05, 0.1) is 11.1 Å². The first-order valence-electron chi connectivity index (χ1n) is 12.3. The summed E-state index contributed by atoms with van der Waals surface area (Å²) in [6.45, 7) is 4.94. The molecule has 1 fully saturated rings. The third-order valence-electron chi connectivity index (χ3n) is 6.62. The minimum atomic E-state index is -1.26. The Bertz CT molecular complexity index is 1530. The Hall–Kier alpha value is -4.11. The molecule has 198 valence electrons. The molecule has 1 aliphatic heterocycles. The smallest absolute Gasteiger partial charge is 0.335 e. The quantitative estimate of drug-likeness (QED) is 0.195. The predicted octanol–water partition coefficient (Wildman–Crippen LogP) is 6.91. The van der Waals surface area contributed by atoms with E-state index < -0.39 is 23.4 Å². The van der Waals surface area contributed by atoms with E-state index in [9.17, 15) is 18.7 Å². The standard InChI is InChI=1S/C27H22F3N3O3.C2H6/c28-20-4-2-17(11-22(20)30)33-24-10-16(13-31)23(32)12-19(24)25(26(33)14-5-7-36-8-6-14)18-3-1-15(27(34)35)9-21(18)29;1-2/h1-4,9-14,31H,5-8,32H2,(H,34,35);1-2H3. The summed E-state index contributed by atoms with van der Waals surface area (Å²) in [5, 5.41) is 17.6. The van der Waals surface area contributed by atoms with Gasteiger partial charge in [-0.2, -0.15) is 0 Å². The van der Waals surface area contributed by atoms with Crippen LogP contribution in [0, 0.1) is 22.9 Å². The lowest BCUT2D eigenvalue weighted by molar-refractivity contribution is 0.0696. The van der Waals surface area contributed by atoms with Gasteiger partial charge in [-0.1, -0.05) is 19.9 Å². The molecular formula is C29H28F3N3O3. The number of hydrogen-bond donors (Lipinski definition) is 3. The van der Waals surface area contributed by atoms with E-state index in [0.717, 1.165) is 24.4 Å². The van der Waals surface area contributed by atoms with Gasteiger partial charge in [0.15, 0.2) is 11.6 Å². The van der Waals surface area contributed by atoms with Gasteiger partial charge >= 0.3 is 5.97 Å². The first kappa shape index (κ1) is 26.9. The zero-order valence-electron chi connectivity index (χ0n) is 21.0. The maximum Gasteiger partial charge on any atom is 0.335 e. The molecule has 5 rings (SSSR count). The van der Waals surface area contributed by atoms with E-state index >= 15 is 4.39 Å². The van der Waals surface area contributed by atoms with Crippen LogP contribution in [0.15, 0.2) is 48.5 Å². The molecule has 0 saturated carbocycles. The summed E-state index contributed by atoms with van der Waals surface area (Å²) in [6, 6.07) is 10.5. The van der Waals surface area contributed by atoms with Gasteiger partial charge < -0.3 is 25.6 Å². The molecule has 0 aliphatic carbocycles. The Labute approximate surface area is 218 Å². The van der Waals surface area contributed by atoms with E-state index in [0.29, 0.717) is 65.2 Å². The van der Waals surface area contributed by atoms with E-state index in [1.807, 2.05) is 13.8 Å². The van der Waals surface area contributed by atoms with Gasteiger partial charge in [-0.15, -0.1) is 0 Å². The molecule has 1 aromatic heterocycles. The second kappa shape index (κ2) is 11.1. The number of benzene rings is 3. The molecule has 38 heavy (non-hydrogen) atoms. The summed E-state index contributed by atoms with van der Waals surface area (Å²) in [6.07, 6.45) is 2.30. The van der Waals surface area contributed by atoms with Gasteiger partial charge in [-0.05, 0) is 49.2 Å². The number of aromatic carboxylic acids is 1. The van der Waals surface area contributed by atoms with Crippen LogP contribution in [0.5, 0.6) is 0 Å². The minimum absolute atomic E-state index is 0.127. The highest BCUT2D eigenvalue weighted by molar-refractivity contribution is 6.05. The molecule has 0 spiro atoms. The third-order valence-corrected chi connectivity index (χ3v) is 6.62. The molecule has 9 heteroatoms. The Balaban J connectivity index is 0.00000164. The number of carbonyl (C=O) groups is 1. The molecule has 0 atom stereocenters. The first-order chi connectivity index (χ1) is 18.3. The fourth-order valence-corrected chi connectivity index (χ4v) is 4.90. The van der Waals surface area contributed by atoms with E-state index in [4.69, 9.17) is 15.9 Å². The summed E-state index contributed by atoms with van der Waals surface area (Å²) in [5.74, 6) is -4.15. The molecule has 4 aromatic rings. The van der Waals surface area contributed by atoms with Crippen molar-refractivity contribution in [2.45, 2.75) is 32.6 Å². The van der Waals surface area contributed by atoms with Crippen molar-refractivity contribution in [1.82, 2.24) is 4.57 Å². The summed E-state index contributed by atoms with van der Waals surface area (Å²) < 4.78 is 51.0. The number of hydrogen-bond acceptors (Lipinski definition) is 4. The number of carboxylic acid groups (broad SMARTS) is 1. The van der Waals surface area contributed by atoms with E-state index in [-0.39, 0.29) is 17.0 Å². The molecule has 6 nitrogen and oxygen atoms in total. The van der Waals surface area contributed by atoms with Crippen LogP contribution in [0.2, 0.25) is 0 Å². The average Bonchev–Trinajstić information content (AvgIpc) is 3.24. The fraction of sp³-hybridized carbons (Fsp3) is 0.241. The van der Waals surface area contributed by atoms with Crippen molar-refractivity contribution in [3.63, 3.8) is 0 Å². The first-order valence-corrected chi connectivity index (χ1v) is 12.3. The van der Waals surface area contributed by atoms with Gasteiger partial charge in [-0.25, -0.2) is 18.0 Å². The van der Waals surface area contributed by atoms with Crippen molar-refractivity contribution in [2.24, 2.45) is 0 Å². The van der Waals surface area contributed by atoms with E-state index in [2.05, 4.69) is 0 Å². The fourth-order valence-electron chi connectivity index (χ4n) is 4.90. The van der Waals surface area contributed by atoms with Crippen molar-refractivity contribution in [3.05, 3.63) is 82.8 Å². The average molecular weight is 524 g/mol. The van der Waals surface area contributed by atoms with Crippen LogP contribution in [0.1, 0.15) is 54.2 Å². The maximum absolute atomic E-state index is 15.5. The highest BCUT2D eigenvalue weighted by Gasteiger charge is 2.30. The number of carboxylic acids is 1. The highest BCUT2D eigenvalue weighted by atomic mass is 19.2. The number of ether oxygens (including phenoxy) is 1. The lowest BCUT2D eigenvalue weighted by Crippen LogP contribution is -2.17. The van der Waals surface area contributed by atoms with Crippen LogP contribution >= 0.6 is 0 Å². The number of nitrogens with two attached hydrogens (primary N) is 1. The maximum atomic E-state index is 15.5. The molecule has 1 saturated heterocycles. The molecule has 0 bridgehead atoms. The number of halogens is 3. The number of aromatic nitrogens is 1. The van der Waals surface area contributed by atoms with Gasteiger partial charge in [0, 0.05) is 70.6 Å². The van der Waals surface area contributed by atoms with Crippen LogP contribution in [-0.2, 0) is 4.74 Å². The second-order valence-electron chi connectivity index (χ2n) is 8.72. The molecule has 0 unspecified atom stereocenters. The Kier molecular flexibility index (Phi) is 7.87. The van der Waals surface area contributed by atoms with Crippen LogP contribution in [0.4, 0.5) is 18.9 Å². The second-order valence-corrected chi connectivity index (χ2v) is 8.72. The molecule has 2 heterocycles. The van der Waals surface area contributed by atoms with Crippen molar-refractivity contribution in [2.75, 3.05) is 18.9 Å². The third kappa shape index (κ3) is 4.77. The molecule has 0 radical (unpaired) electrons. The number of nitrogens with one attached hydrogen (secondary N) is 1. The van der Waals surface area contributed by atoms with Crippen LogP contribution in [-0.4, -0.2) is 35.1 Å². The lowest BCUT2D eigenvalue weighted by Gasteiger charge is -2.26.